The van der Waals surface area contributed by atoms with E-state index in [0.29, 0.717) is 5.39 Å². The van der Waals surface area contributed by atoms with Crippen LogP contribution in [-0.4, -0.2) is 14.9 Å². The maximum Gasteiger partial charge on any atom is 0.372 e. The molecule has 22 heavy (non-hydrogen) atoms. The summed E-state index contributed by atoms with van der Waals surface area (Å²) in [5.74, 6) is -0.608. The van der Waals surface area contributed by atoms with Crippen molar-refractivity contribution in [2.24, 2.45) is 0 Å². The minimum Gasteiger partial charge on any atom is -0.432 e. The molecule has 0 aliphatic rings. The third-order valence-corrected chi connectivity index (χ3v) is 2.82. The second-order valence-electron chi connectivity index (χ2n) is 4.20. The number of ether oxygens (including phenoxy) is 1. The number of hydrogen-bond donors (Lipinski definition) is 1. The van der Waals surface area contributed by atoms with E-state index in [1.54, 1.807) is 24.3 Å². The van der Waals surface area contributed by atoms with Gasteiger partial charge in [0.15, 0.2) is 0 Å². The first-order valence-electron chi connectivity index (χ1n) is 6.02. The molecule has 110 valence electrons. The third-order valence-electron chi connectivity index (χ3n) is 2.82. The molecule has 0 saturated heterocycles. The molecular formula is C13H8N4O5. The van der Waals surface area contributed by atoms with Crippen molar-refractivity contribution in [1.82, 2.24) is 9.97 Å². The molecule has 0 saturated carbocycles. The summed E-state index contributed by atoms with van der Waals surface area (Å²) in [6, 6.07) is 7.68. The van der Waals surface area contributed by atoms with Crippen LogP contribution in [0, 0.1) is 10.1 Å². The second kappa shape index (κ2) is 5.13. The van der Waals surface area contributed by atoms with Gasteiger partial charge in [-0.2, -0.15) is 4.98 Å². The Kier molecular flexibility index (Phi) is 3.14. The molecule has 9 nitrogen and oxygen atoms in total. The highest BCUT2D eigenvalue weighted by atomic mass is 16.6. The average molecular weight is 300 g/mol. The molecule has 0 spiro atoms. The van der Waals surface area contributed by atoms with Crippen molar-refractivity contribution in [3.8, 4) is 11.6 Å². The number of benzene rings is 1. The molecule has 9 heteroatoms. The number of anilines is 1. The Morgan fingerprint density at radius 1 is 1.27 bits per heavy atom. The number of rotatable bonds is 3. The Morgan fingerprint density at radius 2 is 2.05 bits per heavy atom. The zero-order valence-electron chi connectivity index (χ0n) is 10.9. The third kappa shape index (κ3) is 2.30. The van der Waals surface area contributed by atoms with Crippen molar-refractivity contribution in [2.75, 3.05) is 5.73 Å². The van der Waals surface area contributed by atoms with Crippen LogP contribution >= 0.6 is 0 Å². The molecular weight excluding hydrogens is 292 g/mol. The van der Waals surface area contributed by atoms with E-state index in [1.807, 2.05) is 0 Å². The summed E-state index contributed by atoms with van der Waals surface area (Å²) in [4.78, 5) is 29.1. The molecule has 3 aromatic rings. The minimum atomic E-state index is -0.752. The van der Waals surface area contributed by atoms with Crippen molar-refractivity contribution in [3.05, 3.63) is 57.2 Å². The number of para-hydroxylation sites is 1. The van der Waals surface area contributed by atoms with Crippen LogP contribution in [0.1, 0.15) is 0 Å². The highest BCUT2D eigenvalue weighted by Crippen LogP contribution is 2.34. The molecule has 0 atom stereocenters. The Balaban J connectivity index is 2.18. The number of hydrogen-bond acceptors (Lipinski definition) is 8. The monoisotopic (exact) mass is 300 g/mol. The maximum absolute atomic E-state index is 11.5. The van der Waals surface area contributed by atoms with Gasteiger partial charge in [0.1, 0.15) is 17.7 Å². The van der Waals surface area contributed by atoms with E-state index in [-0.39, 0.29) is 23.0 Å². The van der Waals surface area contributed by atoms with Crippen LogP contribution in [0.15, 0.2) is 45.9 Å². The van der Waals surface area contributed by atoms with Gasteiger partial charge in [0, 0.05) is 0 Å². The van der Waals surface area contributed by atoms with Crippen molar-refractivity contribution >= 4 is 22.5 Å². The first kappa shape index (κ1) is 13.5. The van der Waals surface area contributed by atoms with E-state index in [9.17, 15) is 14.9 Å². The van der Waals surface area contributed by atoms with Crippen LogP contribution in [0.5, 0.6) is 11.6 Å². The predicted octanol–water partition coefficient (Wildman–Crippen LogP) is 1.87. The predicted molar refractivity (Wildman–Crippen MR) is 75.7 cm³/mol. The fraction of sp³-hybridized carbons (Fsp3) is 0. The van der Waals surface area contributed by atoms with Crippen LogP contribution < -0.4 is 16.1 Å². The van der Waals surface area contributed by atoms with E-state index in [0.717, 1.165) is 12.4 Å². The van der Waals surface area contributed by atoms with E-state index in [2.05, 4.69) is 9.97 Å². The van der Waals surface area contributed by atoms with E-state index in [4.69, 9.17) is 14.9 Å². The van der Waals surface area contributed by atoms with Gasteiger partial charge in [0.05, 0.1) is 16.4 Å². The summed E-state index contributed by atoms with van der Waals surface area (Å²) in [6.45, 7) is 0. The summed E-state index contributed by atoms with van der Waals surface area (Å²) < 4.78 is 10.4. The second-order valence-corrected chi connectivity index (χ2v) is 4.20. The van der Waals surface area contributed by atoms with Gasteiger partial charge in [0.25, 0.3) is 0 Å². The van der Waals surface area contributed by atoms with Crippen LogP contribution in [0.2, 0.25) is 0 Å². The molecule has 0 aliphatic heterocycles. The first-order chi connectivity index (χ1) is 10.6. The van der Waals surface area contributed by atoms with Crippen LogP contribution in [0.3, 0.4) is 0 Å². The SMILES string of the molecule is Nc1ncnc(Oc2cc(=O)oc3ccccc23)c1[N+](=O)[O-]. The molecule has 0 unspecified atom stereocenters. The largest absolute Gasteiger partial charge is 0.432 e. The van der Waals surface area contributed by atoms with Gasteiger partial charge in [-0.05, 0) is 12.1 Å². The van der Waals surface area contributed by atoms with Gasteiger partial charge in [-0.25, -0.2) is 9.78 Å². The lowest BCUT2D eigenvalue weighted by atomic mass is 10.2. The van der Waals surface area contributed by atoms with Gasteiger partial charge >= 0.3 is 17.2 Å². The molecule has 0 fully saturated rings. The lowest BCUT2D eigenvalue weighted by Crippen LogP contribution is -2.04. The maximum atomic E-state index is 11.5. The molecule has 3 rings (SSSR count). The number of nitrogens with zero attached hydrogens (tertiary/aromatic N) is 3. The molecule has 1 aromatic carbocycles. The number of nitro groups is 1. The molecule has 0 radical (unpaired) electrons. The van der Waals surface area contributed by atoms with E-state index in [1.165, 1.54) is 0 Å². The standard InChI is InChI=1S/C13H8N4O5/c14-12-11(17(19)20)13(16-6-15-12)22-9-5-10(18)21-8-4-2-1-3-7(8)9/h1-6H,(H2,14,15,16). The fourth-order valence-electron chi connectivity index (χ4n) is 1.89. The number of nitrogens with two attached hydrogens (primary N) is 1. The Hall–Kier alpha value is -3.49. The first-order valence-corrected chi connectivity index (χ1v) is 6.02. The zero-order valence-corrected chi connectivity index (χ0v) is 10.9. The quantitative estimate of drug-likeness (QED) is 0.440. The lowest BCUT2D eigenvalue weighted by Gasteiger charge is -2.07. The van der Waals surface area contributed by atoms with Crippen molar-refractivity contribution in [1.29, 1.82) is 0 Å². The van der Waals surface area contributed by atoms with Gasteiger partial charge in [-0.1, -0.05) is 12.1 Å². The van der Waals surface area contributed by atoms with E-state index < -0.39 is 16.2 Å². The molecule has 0 amide bonds. The van der Waals surface area contributed by atoms with Gasteiger partial charge in [-0.3, -0.25) is 10.1 Å². The van der Waals surface area contributed by atoms with Crippen molar-refractivity contribution in [3.63, 3.8) is 0 Å². The Morgan fingerprint density at radius 3 is 2.82 bits per heavy atom. The Bertz CT molecular complexity index is 937. The van der Waals surface area contributed by atoms with Gasteiger partial charge in [0.2, 0.25) is 5.82 Å². The summed E-state index contributed by atoms with van der Waals surface area (Å²) >= 11 is 0. The minimum absolute atomic E-state index is 0.0769. The average Bonchev–Trinajstić information content (AvgIpc) is 2.46. The van der Waals surface area contributed by atoms with Crippen molar-refractivity contribution < 1.29 is 14.1 Å². The van der Waals surface area contributed by atoms with Crippen LogP contribution in [-0.2, 0) is 0 Å². The molecule has 2 N–H and O–H groups in total. The summed E-state index contributed by atoms with van der Waals surface area (Å²) in [5.41, 5.74) is 4.53. The summed E-state index contributed by atoms with van der Waals surface area (Å²) in [7, 11) is 0. The molecule has 0 aliphatic carbocycles. The fourth-order valence-corrected chi connectivity index (χ4v) is 1.89. The number of nitrogen functional groups attached to an aromatic ring is 1. The smallest absolute Gasteiger partial charge is 0.372 e. The lowest BCUT2D eigenvalue weighted by molar-refractivity contribution is -0.385. The molecule has 2 heterocycles. The topological polar surface area (TPSA) is 134 Å². The highest BCUT2D eigenvalue weighted by Gasteiger charge is 2.23. The van der Waals surface area contributed by atoms with Crippen LogP contribution in [0.25, 0.3) is 11.0 Å². The zero-order chi connectivity index (χ0) is 15.7. The van der Waals surface area contributed by atoms with Crippen molar-refractivity contribution in [2.45, 2.75) is 0 Å². The van der Waals surface area contributed by atoms with E-state index >= 15 is 0 Å². The summed E-state index contributed by atoms with van der Waals surface area (Å²) in [6.07, 6.45) is 1.03. The summed E-state index contributed by atoms with van der Waals surface area (Å²) in [5, 5.41) is 11.5. The normalized spacial score (nSPS) is 10.5. The van der Waals surface area contributed by atoms with Gasteiger partial charge in [-0.15, -0.1) is 0 Å². The highest BCUT2D eigenvalue weighted by molar-refractivity contribution is 5.83. The number of fused-ring (bicyclic) bond motifs is 1. The van der Waals surface area contributed by atoms with Gasteiger partial charge < -0.3 is 14.9 Å². The molecule has 0 bridgehead atoms. The number of aromatic nitrogens is 2. The Labute approximate surface area is 122 Å². The van der Waals surface area contributed by atoms with Crippen LogP contribution in [0.4, 0.5) is 11.5 Å². The molecule has 2 aromatic heterocycles.